The Kier molecular flexibility index (Phi) is 4.77. The van der Waals surface area contributed by atoms with Crippen LogP contribution in [0.1, 0.15) is 36.2 Å². The van der Waals surface area contributed by atoms with Gasteiger partial charge in [-0.05, 0) is 18.6 Å². The van der Waals surface area contributed by atoms with Gasteiger partial charge in [-0.1, -0.05) is 31.1 Å². The zero-order valence-corrected chi connectivity index (χ0v) is 13.2. The number of amidine groups is 1. The quantitative estimate of drug-likeness (QED) is 0.380. The van der Waals surface area contributed by atoms with Crippen LogP contribution in [0, 0.1) is 0 Å². The molecule has 1 amide bonds. The number of benzene rings is 1. The first-order valence-corrected chi connectivity index (χ1v) is 7.93. The van der Waals surface area contributed by atoms with E-state index in [4.69, 9.17) is 10.9 Å². The SMILES string of the molecule is CC1(C)CCN(C(=O)c2cccc(/C(N)=N/O)c2)CCS1. The van der Waals surface area contributed by atoms with Gasteiger partial charge in [-0.3, -0.25) is 4.79 Å². The Morgan fingerprint density at radius 2 is 2.10 bits per heavy atom. The van der Waals surface area contributed by atoms with Crippen LogP contribution >= 0.6 is 11.8 Å². The van der Waals surface area contributed by atoms with Crippen LogP contribution in [-0.4, -0.2) is 45.4 Å². The molecule has 1 heterocycles. The maximum absolute atomic E-state index is 12.6. The minimum atomic E-state index is 0.000824. The van der Waals surface area contributed by atoms with E-state index in [-0.39, 0.29) is 16.5 Å². The lowest BCUT2D eigenvalue weighted by atomic mass is 10.1. The van der Waals surface area contributed by atoms with Crippen molar-refractivity contribution in [3.05, 3.63) is 35.4 Å². The summed E-state index contributed by atoms with van der Waals surface area (Å²) >= 11 is 1.90. The first-order valence-electron chi connectivity index (χ1n) is 6.94. The summed E-state index contributed by atoms with van der Waals surface area (Å²) in [6.45, 7) is 5.93. The van der Waals surface area contributed by atoms with Gasteiger partial charge in [-0.15, -0.1) is 0 Å². The lowest BCUT2D eigenvalue weighted by Gasteiger charge is -2.23. The standard InChI is InChI=1S/C15H21N3O2S/c1-15(2)6-7-18(8-9-21-15)14(19)12-5-3-4-11(10-12)13(16)17-20/h3-5,10,20H,6-9H2,1-2H3,(H2,16,17). The van der Waals surface area contributed by atoms with E-state index in [0.717, 1.165) is 25.3 Å². The number of amides is 1. The number of rotatable bonds is 2. The monoisotopic (exact) mass is 307 g/mol. The summed E-state index contributed by atoms with van der Waals surface area (Å²) in [5.41, 5.74) is 6.70. The van der Waals surface area contributed by atoms with Gasteiger partial charge in [0.1, 0.15) is 0 Å². The zero-order chi connectivity index (χ0) is 15.5. The fourth-order valence-corrected chi connectivity index (χ4v) is 3.38. The molecule has 0 aliphatic carbocycles. The molecule has 6 heteroatoms. The summed E-state index contributed by atoms with van der Waals surface area (Å²) in [5, 5.41) is 11.7. The number of nitrogens with two attached hydrogens (primary N) is 1. The van der Waals surface area contributed by atoms with E-state index in [1.165, 1.54) is 0 Å². The molecule has 0 saturated carbocycles. The molecule has 0 radical (unpaired) electrons. The summed E-state index contributed by atoms with van der Waals surface area (Å²) in [6, 6.07) is 6.89. The summed E-state index contributed by atoms with van der Waals surface area (Å²) in [4.78, 5) is 14.5. The van der Waals surface area contributed by atoms with Crippen molar-refractivity contribution in [1.82, 2.24) is 4.90 Å². The average Bonchev–Trinajstić information content (AvgIpc) is 2.66. The van der Waals surface area contributed by atoms with Gasteiger partial charge in [-0.25, -0.2) is 0 Å². The second kappa shape index (κ2) is 6.39. The summed E-state index contributed by atoms with van der Waals surface area (Å²) in [5.74, 6) is 0.955. The molecule has 1 fully saturated rings. The van der Waals surface area contributed by atoms with Gasteiger partial charge in [0.2, 0.25) is 0 Å². The minimum Gasteiger partial charge on any atom is -0.409 e. The van der Waals surface area contributed by atoms with E-state index in [0.29, 0.717) is 11.1 Å². The topological polar surface area (TPSA) is 78.9 Å². The van der Waals surface area contributed by atoms with E-state index in [1.807, 2.05) is 16.7 Å². The van der Waals surface area contributed by atoms with Crippen molar-refractivity contribution < 1.29 is 10.0 Å². The van der Waals surface area contributed by atoms with Crippen molar-refractivity contribution in [3.8, 4) is 0 Å². The third kappa shape index (κ3) is 3.91. The summed E-state index contributed by atoms with van der Waals surface area (Å²) in [6.07, 6.45) is 0.976. The highest BCUT2D eigenvalue weighted by atomic mass is 32.2. The Hall–Kier alpha value is -1.69. The zero-order valence-electron chi connectivity index (χ0n) is 12.4. The predicted molar refractivity (Wildman–Crippen MR) is 86.0 cm³/mol. The first kappa shape index (κ1) is 15.7. The highest BCUT2D eigenvalue weighted by molar-refractivity contribution is 8.00. The molecule has 0 bridgehead atoms. The Labute approximate surface area is 129 Å². The van der Waals surface area contributed by atoms with Gasteiger partial charge >= 0.3 is 0 Å². The second-order valence-electron chi connectivity index (χ2n) is 5.72. The highest BCUT2D eigenvalue weighted by Crippen LogP contribution is 2.31. The molecule has 1 saturated heterocycles. The lowest BCUT2D eigenvalue weighted by molar-refractivity contribution is 0.0764. The molecule has 1 aromatic rings. The van der Waals surface area contributed by atoms with Crippen LogP contribution in [0.3, 0.4) is 0 Å². The minimum absolute atomic E-state index is 0.000824. The lowest BCUT2D eigenvalue weighted by Crippen LogP contribution is -2.33. The molecule has 1 aliphatic heterocycles. The molecule has 1 aromatic carbocycles. The van der Waals surface area contributed by atoms with E-state index >= 15 is 0 Å². The van der Waals surface area contributed by atoms with Gasteiger partial charge in [-0.2, -0.15) is 11.8 Å². The third-order valence-electron chi connectivity index (χ3n) is 3.64. The predicted octanol–water partition coefficient (Wildman–Crippen LogP) is 2.14. The molecule has 114 valence electrons. The Bertz CT molecular complexity index is 558. The van der Waals surface area contributed by atoms with Crippen molar-refractivity contribution in [1.29, 1.82) is 0 Å². The van der Waals surface area contributed by atoms with Gasteiger partial charge < -0.3 is 15.8 Å². The molecule has 0 unspecified atom stereocenters. The molecule has 3 N–H and O–H groups in total. The average molecular weight is 307 g/mol. The van der Waals surface area contributed by atoms with Crippen LogP contribution in [0.25, 0.3) is 0 Å². The fourth-order valence-electron chi connectivity index (χ4n) is 2.28. The summed E-state index contributed by atoms with van der Waals surface area (Å²) < 4.78 is 0.213. The number of hydrogen-bond acceptors (Lipinski definition) is 4. The second-order valence-corrected chi connectivity index (χ2v) is 7.52. The molecule has 5 nitrogen and oxygen atoms in total. The molecule has 21 heavy (non-hydrogen) atoms. The van der Waals surface area contributed by atoms with Crippen LogP contribution in [-0.2, 0) is 0 Å². The van der Waals surface area contributed by atoms with Crippen LogP contribution < -0.4 is 5.73 Å². The maximum Gasteiger partial charge on any atom is 0.253 e. The largest absolute Gasteiger partial charge is 0.409 e. The number of carbonyl (C=O) groups excluding carboxylic acids is 1. The van der Waals surface area contributed by atoms with Gasteiger partial charge in [0, 0.05) is 34.7 Å². The van der Waals surface area contributed by atoms with Gasteiger partial charge in [0.05, 0.1) is 0 Å². The molecule has 2 rings (SSSR count). The van der Waals surface area contributed by atoms with E-state index in [1.54, 1.807) is 24.3 Å². The molecular formula is C15H21N3O2S. The van der Waals surface area contributed by atoms with Crippen LogP contribution in [0.2, 0.25) is 0 Å². The van der Waals surface area contributed by atoms with Crippen LogP contribution in [0.15, 0.2) is 29.4 Å². The highest BCUT2D eigenvalue weighted by Gasteiger charge is 2.26. The number of nitrogens with zero attached hydrogens (tertiary/aromatic N) is 2. The van der Waals surface area contributed by atoms with E-state index in [2.05, 4.69) is 19.0 Å². The molecule has 0 spiro atoms. The Morgan fingerprint density at radius 1 is 1.38 bits per heavy atom. The Balaban J connectivity index is 2.16. The normalized spacial score (nSPS) is 19.1. The fraction of sp³-hybridized carbons (Fsp3) is 0.467. The molecule has 0 aromatic heterocycles. The van der Waals surface area contributed by atoms with Crippen LogP contribution in [0.4, 0.5) is 0 Å². The smallest absolute Gasteiger partial charge is 0.253 e. The third-order valence-corrected chi connectivity index (χ3v) is 5.01. The number of hydrogen-bond donors (Lipinski definition) is 2. The first-order chi connectivity index (χ1) is 9.93. The number of thioether (sulfide) groups is 1. The summed E-state index contributed by atoms with van der Waals surface area (Å²) in [7, 11) is 0. The van der Waals surface area contributed by atoms with Crippen LogP contribution in [0.5, 0.6) is 0 Å². The maximum atomic E-state index is 12.6. The Morgan fingerprint density at radius 3 is 2.81 bits per heavy atom. The van der Waals surface area contributed by atoms with E-state index < -0.39 is 0 Å². The van der Waals surface area contributed by atoms with Crippen molar-refractivity contribution in [2.45, 2.75) is 25.0 Å². The molecule has 0 atom stereocenters. The van der Waals surface area contributed by atoms with Crippen molar-refractivity contribution in [3.63, 3.8) is 0 Å². The van der Waals surface area contributed by atoms with Crippen molar-refractivity contribution >= 4 is 23.5 Å². The van der Waals surface area contributed by atoms with Gasteiger partial charge in [0.25, 0.3) is 5.91 Å². The van der Waals surface area contributed by atoms with Gasteiger partial charge in [0.15, 0.2) is 5.84 Å². The molecule has 1 aliphatic rings. The molecular weight excluding hydrogens is 286 g/mol. The van der Waals surface area contributed by atoms with Crippen molar-refractivity contribution in [2.75, 3.05) is 18.8 Å². The number of carbonyl (C=O) groups is 1. The van der Waals surface area contributed by atoms with E-state index in [9.17, 15) is 4.79 Å². The number of oxime groups is 1. The van der Waals surface area contributed by atoms with Crippen molar-refractivity contribution in [2.24, 2.45) is 10.9 Å².